The van der Waals surface area contributed by atoms with E-state index in [1.54, 1.807) is 0 Å². The van der Waals surface area contributed by atoms with Crippen molar-refractivity contribution in [2.45, 2.75) is 84.5 Å². The van der Waals surface area contributed by atoms with Crippen molar-refractivity contribution in [1.82, 2.24) is 0 Å². The lowest BCUT2D eigenvalue weighted by Gasteiger charge is -2.32. The van der Waals surface area contributed by atoms with Crippen molar-refractivity contribution >= 4 is 13.1 Å². The Morgan fingerprint density at radius 1 is 1.17 bits per heavy atom. The van der Waals surface area contributed by atoms with Gasteiger partial charge in [0.15, 0.2) is 0 Å². The maximum atomic E-state index is 12.3. The van der Waals surface area contributed by atoms with Gasteiger partial charge in [-0.3, -0.25) is 4.79 Å². The van der Waals surface area contributed by atoms with Gasteiger partial charge < -0.3 is 14.0 Å². The van der Waals surface area contributed by atoms with Gasteiger partial charge >= 0.3 is 13.1 Å². The topological polar surface area (TPSA) is 44.8 Å². The first-order valence-electron chi connectivity index (χ1n) is 9.17. The second kappa shape index (κ2) is 5.60. The fourth-order valence-electron chi connectivity index (χ4n) is 3.99. The monoisotopic (exact) mass is 334 g/mol. The Bertz CT molecular complexity index is 542. The van der Waals surface area contributed by atoms with E-state index in [-0.39, 0.29) is 30.2 Å². The fraction of sp³-hybridized carbons (Fsp3) is 0.842. The first kappa shape index (κ1) is 18.0. The highest BCUT2D eigenvalue weighted by molar-refractivity contribution is 6.54. The first-order valence-corrected chi connectivity index (χ1v) is 9.17. The third kappa shape index (κ3) is 3.30. The molecule has 0 aromatic carbocycles. The van der Waals surface area contributed by atoms with E-state index in [1.807, 2.05) is 20.8 Å². The molecule has 3 aliphatic rings. The van der Waals surface area contributed by atoms with Crippen molar-refractivity contribution in [2.75, 3.05) is 0 Å². The van der Waals surface area contributed by atoms with Crippen LogP contribution in [0, 0.1) is 17.8 Å². The molecule has 3 unspecified atom stereocenters. The first-order chi connectivity index (χ1) is 10.9. The maximum absolute atomic E-state index is 12.3. The highest BCUT2D eigenvalue weighted by Crippen LogP contribution is 2.49. The predicted molar refractivity (Wildman–Crippen MR) is 94.3 cm³/mol. The summed E-state index contributed by atoms with van der Waals surface area (Å²) in [6, 6.07) is 0. The Balaban J connectivity index is 1.62. The van der Waals surface area contributed by atoms with E-state index in [0.717, 1.165) is 19.3 Å². The second-order valence-electron chi connectivity index (χ2n) is 9.66. The fourth-order valence-corrected chi connectivity index (χ4v) is 3.99. The minimum absolute atomic E-state index is 0.0373. The molecule has 1 aliphatic heterocycles. The number of hydrogen-bond acceptors (Lipinski definition) is 4. The molecule has 3 rings (SSSR count). The molecule has 0 aromatic rings. The van der Waals surface area contributed by atoms with E-state index in [0.29, 0.717) is 11.8 Å². The average Bonchev–Trinajstić information content (AvgIpc) is 2.97. The number of carbonyl (C=O) groups is 1. The lowest BCUT2D eigenvalue weighted by atomic mass is 9.76. The van der Waals surface area contributed by atoms with Crippen LogP contribution in [0.25, 0.3) is 0 Å². The Labute approximate surface area is 146 Å². The molecular weight excluding hydrogens is 303 g/mol. The second-order valence-corrected chi connectivity index (χ2v) is 9.66. The predicted octanol–water partition coefficient (Wildman–Crippen LogP) is 3.93. The third-order valence-corrected chi connectivity index (χ3v) is 5.97. The van der Waals surface area contributed by atoms with Gasteiger partial charge in [0.1, 0.15) is 5.60 Å². The smallest absolute Gasteiger partial charge is 0.460 e. The minimum atomic E-state index is -0.404. The molecule has 0 radical (unpaired) electrons. The molecule has 0 N–H and O–H groups in total. The SMILES string of the molecule is CC(C)(C)OC(=O)C1CC2C=C(B3OC(C)(C)C(C)(C)O3)CC2C1. The molecule has 0 spiro atoms. The molecule has 2 fully saturated rings. The van der Waals surface area contributed by atoms with Crippen LogP contribution in [0.15, 0.2) is 11.5 Å². The summed E-state index contributed by atoms with van der Waals surface area (Å²) in [4.78, 5) is 12.3. The zero-order valence-corrected chi connectivity index (χ0v) is 16.1. The van der Waals surface area contributed by atoms with Crippen molar-refractivity contribution in [3.63, 3.8) is 0 Å². The van der Waals surface area contributed by atoms with E-state index in [4.69, 9.17) is 14.0 Å². The van der Waals surface area contributed by atoms with Gasteiger partial charge in [0.05, 0.1) is 17.1 Å². The highest BCUT2D eigenvalue weighted by Gasteiger charge is 2.54. The number of esters is 1. The molecule has 5 heteroatoms. The van der Waals surface area contributed by atoms with Gasteiger partial charge in [-0.05, 0) is 85.0 Å². The van der Waals surface area contributed by atoms with Crippen LogP contribution >= 0.6 is 0 Å². The average molecular weight is 334 g/mol. The molecule has 4 nitrogen and oxygen atoms in total. The molecule has 24 heavy (non-hydrogen) atoms. The molecule has 134 valence electrons. The highest BCUT2D eigenvalue weighted by atomic mass is 16.7. The van der Waals surface area contributed by atoms with Crippen molar-refractivity contribution in [2.24, 2.45) is 17.8 Å². The van der Waals surface area contributed by atoms with Crippen molar-refractivity contribution in [3.8, 4) is 0 Å². The van der Waals surface area contributed by atoms with Crippen molar-refractivity contribution in [1.29, 1.82) is 0 Å². The molecule has 1 saturated heterocycles. The van der Waals surface area contributed by atoms with Gasteiger partial charge in [-0.15, -0.1) is 0 Å². The summed E-state index contributed by atoms with van der Waals surface area (Å²) in [5.41, 5.74) is 0.259. The standard InChI is InChI=1S/C19H31BO4/c1-17(2,3)22-16(21)14-8-12-10-15(11-13(12)9-14)20-23-18(4,5)19(6,7)24-20/h10,12-14H,8-9,11H2,1-7H3. The summed E-state index contributed by atoms with van der Waals surface area (Å²) in [6.07, 6.45) is 5.08. The van der Waals surface area contributed by atoms with E-state index >= 15 is 0 Å². The van der Waals surface area contributed by atoms with Crippen LogP contribution in [0.3, 0.4) is 0 Å². The Hall–Kier alpha value is -0.805. The summed E-state index contributed by atoms with van der Waals surface area (Å²) in [7, 11) is -0.236. The quantitative estimate of drug-likeness (QED) is 0.567. The molecule has 1 saturated carbocycles. The van der Waals surface area contributed by atoms with Crippen molar-refractivity contribution in [3.05, 3.63) is 11.5 Å². The normalized spacial score (nSPS) is 34.2. The largest absolute Gasteiger partial charge is 0.490 e. The van der Waals surface area contributed by atoms with Gasteiger partial charge in [0.2, 0.25) is 0 Å². The van der Waals surface area contributed by atoms with Crippen LogP contribution in [0.5, 0.6) is 0 Å². The Kier molecular flexibility index (Phi) is 4.20. The maximum Gasteiger partial charge on any atom is 0.490 e. The number of allylic oxidation sites excluding steroid dienone is 2. The Morgan fingerprint density at radius 3 is 2.25 bits per heavy atom. The molecule has 3 atom stereocenters. The van der Waals surface area contributed by atoms with Gasteiger partial charge in [0, 0.05) is 0 Å². The van der Waals surface area contributed by atoms with Crippen LogP contribution in [0.2, 0.25) is 0 Å². The van der Waals surface area contributed by atoms with E-state index in [9.17, 15) is 4.79 Å². The van der Waals surface area contributed by atoms with Gasteiger partial charge in [-0.1, -0.05) is 6.08 Å². The van der Waals surface area contributed by atoms with Crippen LogP contribution in [0.1, 0.15) is 67.7 Å². The number of fused-ring (bicyclic) bond motifs is 1. The molecule has 0 amide bonds. The zero-order chi connectivity index (χ0) is 17.9. The van der Waals surface area contributed by atoms with Crippen molar-refractivity contribution < 1.29 is 18.8 Å². The van der Waals surface area contributed by atoms with Crippen LogP contribution < -0.4 is 0 Å². The Morgan fingerprint density at radius 2 is 1.75 bits per heavy atom. The number of ether oxygens (including phenoxy) is 1. The van der Waals surface area contributed by atoms with Gasteiger partial charge in [0.25, 0.3) is 0 Å². The van der Waals surface area contributed by atoms with Gasteiger partial charge in [-0.25, -0.2) is 0 Å². The van der Waals surface area contributed by atoms with Crippen LogP contribution in [-0.4, -0.2) is 29.9 Å². The summed E-state index contributed by atoms with van der Waals surface area (Å²) in [5, 5.41) is 0. The molecule has 0 aromatic heterocycles. The summed E-state index contributed by atoms with van der Waals surface area (Å²) >= 11 is 0. The van der Waals surface area contributed by atoms with E-state index in [1.165, 1.54) is 5.47 Å². The zero-order valence-electron chi connectivity index (χ0n) is 16.1. The summed E-state index contributed by atoms with van der Waals surface area (Å²) < 4.78 is 17.9. The summed E-state index contributed by atoms with van der Waals surface area (Å²) in [5.74, 6) is 0.978. The molecule has 1 heterocycles. The molecule has 0 bridgehead atoms. The molecule has 2 aliphatic carbocycles. The lowest BCUT2D eigenvalue weighted by molar-refractivity contribution is -0.159. The number of rotatable bonds is 2. The number of hydrogen-bond donors (Lipinski definition) is 0. The molecular formula is C19H31BO4. The number of carbonyl (C=O) groups excluding carboxylic acids is 1. The van der Waals surface area contributed by atoms with Gasteiger partial charge in [-0.2, -0.15) is 0 Å². The van der Waals surface area contributed by atoms with E-state index < -0.39 is 5.60 Å². The minimum Gasteiger partial charge on any atom is -0.460 e. The lowest BCUT2D eigenvalue weighted by Crippen LogP contribution is -2.41. The summed E-state index contributed by atoms with van der Waals surface area (Å²) in [6.45, 7) is 14.1. The van der Waals surface area contributed by atoms with Crippen LogP contribution in [0.4, 0.5) is 0 Å². The van der Waals surface area contributed by atoms with Crippen LogP contribution in [-0.2, 0) is 18.8 Å². The van der Waals surface area contributed by atoms with E-state index in [2.05, 4.69) is 33.8 Å². The third-order valence-electron chi connectivity index (χ3n) is 5.97.